The summed E-state index contributed by atoms with van der Waals surface area (Å²) in [4.78, 5) is 25.0. The monoisotopic (exact) mass is 583 g/mol. The van der Waals surface area contributed by atoms with Gasteiger partial charge in [0.25, 0.3) is 0 Å². The molecule has 0 amide bonds. The molecule has 1 saturated carbocycles. The molecule has 202 valence electrons. The number of halogens is 3. The third-order valence-corrected chi connectivity index (χ3v) is 8.41. The molecule has 0 spiro atoms. The molecule has 1 atom stereocenters. The van der Waals surface area contributed by atoms with E-state index in [9.17, 15) is 9.59 Å². The number of carbonyl (C=O) groups is 2. The number of hydrogen-bond donors (Lipinski definition) is 1. The van der Waals surface area contributed by atoms with Gasteiger partial charge in [0.05, 0.1) is 34.0 Å². The quantitative estimate of drug-likeness (QED) is 0.220. The number of esters is 1. The first-order valence-electron chi connectivity index (χ1n) is 12.9. The molecule has 1 unspecified atom stereocenters. The Morgan fingerprint density at radius 2 is 1.67 bits per heavy atom. The van der Waals surface area contributed by atoms with E-state index < -0.39 is 0 Å². The Balaban J connectivity index is 1.33. The number of ether oxygens (including phenoxy) is 2. The van der Waals surface area contributed by atoms with Crippen LogP contribution in [0, 0.1) is 5.92 Å². The van der Waals surface area contributed by atoms with Crippen molar-refractivity contribution in [3.05, 3.63) is 103 Å². The number of aryl methyl sites for hydroxylation is 1. The number of nitrogens with two attached hydrogens (primary N) is 1. The number of Topliss-reactive ketones (excluding diaryl/α,β-unsaturated/α-hetero) is 1. The van der Waals surface area contributed by atoms with Gasteiger partial charge in [-0.3, -0.25) is 4.79 Å². The van der Waals surface area contributed by atoms with E-state index in [4.69, 9.17) is 50.0 Å². The highest BCUT2D eigenvalue weighted by molar-refractivity contribution is 6.37. The van der Waals surface area contributed by atoms with Crippen molar-refractivity contribution in [2.75, 3.05) is 13.7 Å². The van der Waals surface area contributed by atoms with Gasteiger partial charge in [-0.1, -0.05) is 53.0 Å². The Morgan fingerprint density at radius 1 is 0.923 bits per heavy atom. The molecule has 5 nitrogen and oxygen atoms in total. The number of hydrogen-bond acceptors (Lipinski definition) is 5. The first kappa shape index (κ1) is 27.6. The average Bonchev–Trinajstić information content (AvgIpc) is 3.78. The summed E-state index contributed by atoms with van der Waals surface area (Å²) >= 11 is 19.5. The van der Waals surface area contributed by atoms with Gasteiger partial charge in [0.2, 0.25) is 0 Å². The molecule has 3 aromatic carbocycles. The number of benzene rings is 3. The number of ketones is 1. The molecule has 39 heavy (non-hydrogen) atoms. The molecule has 8 heteroatoms. The van der Waals surface area contributed by atoms with Crippen LogP contribution in [0.1, 0.15) is 57.8 Å². The molecule has 5 rings (SSSR count). The lowest BCUT2D eigenvalue weighted by Crippen LogP contribution is -2.19. The molecular formula is C31H28Cl3NO4. The van der Waals surface area contributed by atoms with Crippen LogP contribution in [0.25, 0.3) is 5.70 Å². The minimum atomic E-state index is -0.327. The van der Waals surface area contributed by atoms with Crippen LogP contribution in [0.15, 0.2) is 60.2 Å². The van der Waals surface area contributed by atoms with Crippen LogP contribution >= 0.6 is 34.8 Å². The van der Waals surface area contributed by atoms with Crippen LogP contribution in [0.3, 0.4) is 0 Å². The second kappa shape index (κ2) is 11.6. The van der Waals surface area contributed by atoms with Crippen LogP contribution in [-0.2, 0) is 22.4 Å². The number of methoxy groups -OCH3 is 1. The van der Waals surface area contributed by atoms with E-state index in [0.29, 0.717) is 37.5 Å². The largest absolute Gasteiger partial charge is 0.489 e. The van der Waals surface area contributed by atoms with Gasteiger partial charge in [-0.05, 0) is 91.1 Å². The van der Waals surface area contributed by atoms with Crippen LogP contribution in [0.5, 0.6) is 5.75 Å². The van der Waals surface area contributed by atoms with Crippen molar-refractivity contribution in [2.24, 2.45) is 11.7 Å². The molecule has 0 aliphatic heterocycles. The summed E-state index contributed by atoms with van der Waals surface area (Å²) in [7, 11) is 1.39. The van der Waals surface area contributed by atoms with Crippen molar-refractivity contribution >= 4 is 52.3 Å². The van der Waals surface area contributed by atoms with Crippen molar-refractivity contribution in [2.45, 2.75) is 38.0 Å². The van der Waals surface area contributed by atoms with Gasteiger partial charge < -0.3 is 15.2 Å². The lowest BCUT2D eigenvalue weighted by Gasteiger charge is -2.26. The van der Waals surface area contributed by atoms with Gasteiger partial charge in [0.1, 0.15) is 12.4 Å². The maximum Gasteiger partial charge on any atom is 0.337 e. The Morgan fingerprint density at radius 3 is 2.33 bits per heavy atom. The minimum absolute atomic E-state index is 0.0161. The van der Waals surface area contributed by atoms with E-state index >= 15 is 0 Å². The zero-order valence-electron chi connectivity index (χ0n) is 21.4. The Labute approximate surface area is 242 Å². The second-order valence-electron chi connectivity index (χ2n) is 10.0. The van der Waals surface area contributed by atoms with E-state index in [2.05, 4.69) is 0 Å². The molecule has 0 radical (unpaired) electrons. The standard InChI is InChI=1S/C31H28Cl3NO4/c1-38-31(37)21-10-8-18-13-20(9-7-19(18)14-21)23-12-11-22(15-27(23)34)39-16-24(30(36)17-5-6-17)29(35)28-25(32)3-2-4-26(28)33/h2-4,8,10-12,14-15,17,20H,5-7,9,13,16,35H2,1H3. The lowest BCUT2D eigenvalue weighted by molar-refractivity contribution is -0.116. The zero-order valence-corrected chi connectivity index (χ0v) is 23.7. The van der Waals surface area contributed by atoms with Gasteiger partial charge in [0, 0.05) is 16.5 Å². The van der Waals surface area contributed by atoms with Crippen molar-refractivity contribution < 1.29 is 19.1 Å². The second-order valence-corrected chi connectivity index (χ2v) is 11.2. The third-order valence-electron chi connectivity index (χ3n) is 7.45. The van der Waals surface area contributed by atoms with Crippen molar-refractivity contribution in [1.82, 2.24) is 0 Å². The normalized spacial score (nSPS) is 17.2. The maximum absolute atomic E-state index is 13.1. The fraction of sp³-hybridized carbons (Fsp3) is 0.290. The fourth-order valence-corrected chi connectivity index (χ4v) is 6.05. The minimum Gasteiger partial charge on any atom is -0.489 e. The summed E-state index contributed by atoms with van der Waals surface area (Å²) in [5.41, 5.74) is 11.5. The van der Waals surface area contributed by atoms with E-state index in [-0.39, 0.29) is 35.9 Å². The molecule has 0 aromatic heterocycles. The Kier molecular flexibility index (Phi) is 8.22. The zero-order chi connectivity index (χ0) is 27.7. The number of rotatable bonds is 8. The molecule has 2 aliphatic rings. The summed E-state index contributed by atoms with van der Waals surface area (Å²) in [5.74, 6) is 0.372. The van der Waals surface area contributed by atoms with Crippen molar-refractivity contribution in [3.8, 4) is 5.75 Å². The van der Waals surface area contributed by atoms with Gasteiger partial charge >= 0.3 is 5.97 Å². The topological polar surface area (TPSA) is 78.6 Å². The molecule has 1 fully saturated rings. The van der Waals surface area contributed by atoms with Gasteiger partial charge in [-0.2, -0.15) is 0 Å². The van der Waals surface area contributed by atoms with E-state index in [1.165, 1.54) is 18.2 Å². The van der Waals surface area contributed by atoms with Gasteiger partial charge in [-0.25, -0.2) is 4.79 Å². The molecule has 2 N–H and O–H groups in total. The maximum atomic E-state index is 13.1. The average molecular weight is 585 g/mol. The van der Waals surface area contributed by atoms with Crippen molar-refractivity contribution in [1.29, 1.82) is 0 Å². The summed E-state index contributed by atoms with van der Waals surface area (Å²) in [6.07, 6.45) is 4.26. The third kappa shape index (κ3) is 5.96. The molecular weight excluding hydrogens is 557 g/mol. The number of carbonyl (C=O) groups excluding carboxylic acids is 2. The lowest BCUT2D eigenvalue weighted by atomic mass is 9.79. The van der Waals surface area contributed by atoms with E-state index in [1.807, 2.05) is 24.3 Å². The summed E-state index contributed by atoms with van der Waals surface area (Å²) in [5, 5.41) is 1.36. The molecule has 0 saturated heterocycles. The summed E-state index contributed by atoms with van der Waals surface area (Å²) in [6.45, 7) is -0.0161. The Bertz CT molecular complexity index is 1460. The predicted molar refractivity (Wildman–Crippen MR) is 155 cm³/mol. The van der Waals surface area contributed by atoms with Crippen LogP contribution < -0.4 is 10.5 Å². The van der Waals surface area contributed by atoms with Gasteiger partial charge in [-0.15, -0.1) is 0 Å². The van der Waals surface area contributed by atoms with Gasteiger partial charge in [0.15, 0.2) is 5.78 Å². The SMILES string of the molecule is COC(=O)c1ccc2c(c1)CCC(c1ccc(OCC(C(=O)C3CC3)=C(N)c3c(Cl)cccc3Cl)cc1Cl)C2. The first-order chi connectivity index (χ1) is 18.8. The highest BCUT2D eigenvalue weighted by Gasteiger charge is 2.34. The summed E-state index contributed by atoms with van der Waals surface area (Å²) < 4.78 is 10.9. The van der Waals surface area contributed by atoms with E-state index in [1.54, 1.807) is 30.3 Å². The highest BCUT2D eigenvalue weighted by Crippen LogP contribution is 2.39. The van der Waals surface area contributed by atoms with E-state index in [0.717, 1.165) is 37.7 Å². The highest BCUT2D eigenvalue weighted by atomic mass is 35.5. The van der Waals surface area contributed by atoms with Crippen LogP contribution in [-0.4, -0.2) is 25.5 Å². The Hall–Kier alpha value is -2.99. The van der Waals surface area contributed by atoms with Crippen LogP contribution in [0.2, 0.25) is 15.1 Å². The molecule has 0 bridgehead atoms. The van der Waals surface area contributed by atoms with Crippen molar-refractivity contribution in [3.63, 3.8) is 0 Å². The smallest absolute Gasteiger partial charge is 0.337 e. The van der Waals surface area contributed by atoms with Crippen LogP contribution in [0.4, 0.5) is 0 Å². The molecule has 2 aliphatic carbocycles. The fourth-order valence-electron chi connectivity index (χ4n) is 5.13. The first-order valence-corrected chi connectivity index (χ1v) is 14.0. The molecule has 3 aromatic rings. The predicted octanol–water partition coefficient (Wildman–Crippen LogP) is 7.43. The molecule has 0 heterocycles. The number of fused-ring (bicyclic) bond motifs is 1. The summed E-state index contributed by atoms with van der Waals surface area (Å²) in [6, 6.07) is 16.5.